The van der Waals surface area contributed by atoms with Crippen LogP contribution in [0.5, 0.6) is 5.75 Å². The molecule has 0 fully saturated rings. The van der Waals surface area contributed by atoms with Crippen molar-refractivity contribution in [3.05, 3.63) is 39.3 Å². The molecule has 1 unspecified atom stereocenters. The summed E-state index contributed by atoms with van der Waals surface area (Å²) in [6.07, 6.45) is 1.04. The normalized spacial score (nSPS) is 11.8. The number of hydrogen-bond donors (Lipinski definition) is 2. The average Bonchev–Trinajstić information content (AvgIpc) is 2.40. The third-order valence-corrected chi connectivity index (χ3v) is 3.70. The van der Waals surface area contributed by atoms with Crippen LogP contribution in [0.2, 0.25) is 0 Å². The van der Waals surface area contributed by atoms with Crippen LogP contribution in [-0.4, -0.2) is 25.6 Å². The van der Waals surface area contributed by atoms with Gasteiger partial charge in [-0.3, -0.25) is 4.79 Å². The number of halogens is 2. The zero-order valence-electron chi connectivity index (χ0n) is 11.5. The molecule has 0 saturated heterocycles. The summed E-state index contributed by atoms with van der Waals surface area (Å²) in [5.41, 5.74) is 1.11. The Morgan fingerprint density at radius 3 is 2.55 bits per heavy atom. The summed E-state index contributed by atoms with van der Waals surface area (Å²) in [6.45, 7) is 6.45. The molecule has 0 aliphatic rings. The minimum atomic E-state index is -0.585. The molecule has 1 rings (SSSR count). The molecule has 0 heterocycles. The zero-order valence-corrected chi connectivity index (χ0v) is 14.7. The number of carbonyl (C=O) groups is 1. The van der Waals surface area contributed by atoms with Gasteiger partial charge in [0.25, 0.3) is 5.91 Å². The molecule has 0 spiro atoms. The van der Waals surface area contributed by atoms with E-state index in [4.69, 9.17) is 4.74 Å². The number of benzene rings is 1. The Morgan fingerprint density at radius 2 is 2.05 bits per heavy atom. The third kappa shape index (κ3) is 4.92. The summed E-state index contributed by atoms with van der Waals surface area (Å²) in [6, 6.07) is 3.93. The van der Waals surface area contributed by atoms with Crippen LogP contribution in [0.4, 0.5) is 0 Å². The van der Waals surface area contributed by atoms with E-state index in [1.807, 2.05) is 19.2 Å². The number of nitrogens with one attached hydrogen (secondary N) is 2. The fraction of sp³-hybridized carbons (Fsp3) is 0.357. The molecule has 1 aromatic rings. The van der Waals surface area contributed by atoms with Gasteiger partial charge in [0.1, 0.15) is 5.75 Å². The first-order valence-electron chi connectivity index (χ1n) is 6.17. The monoisotopic (exact) mass is 404 g/mol. The molecule has 1 aromatic carbocycles. The lowest BCUT2D eigenvalue weighted by Crippen LogP contribution is -2.36. The van der Waals surface area contributed by atoms with E-state index < -0.39 is 6.10 Å². The molecule has 2 N–H and O–H groups in total. The van der Waals surface area contributed by atoms with Gasteiger partial charge in [0.05, 0.1) is 8.95 Å². The maximum atomic E-state index is 11.8. The predicted molar refractivity (Wildman–Crippen MR) is 87.9 cm³/mol. The van der Waals surface area contributed by atoms with Gasteiger partial charge in [0.15, 0.2) is 6.10 Å². The Morgan fingerprint density at radius 1 is 1.45 bits per heavy atom. The van der Waals surface area contributed by atoms with Gasteiger partial charge in [-0.1, -0.05) is 6.08 Å². The lowest BCUT2D eigenvalue weighted by Gasteiger charge is -2.17. The van der Waals surface area contributed by atoms with Crippen molar-refractivity contribution in [1.29, 1.82) is 0 Å². The number of amides is 1. The van der Waals surface area contributed by atoms with Crippen molar-refractivity contribution < 1.29 is 9.53 Å². The van der Waals surface area contributed by atoms with Gasteiger partial charge in [-0.2, -0.15) is 0 Å². The maximum absolute atomic E-state index is 11.8. The molecule has 0 aliphatic carbocycles. The number of hydrogen-bond acceptors (Lipinski definition) is 3. The van der Waals surface area contributed by atoms with Crippen LogP contribution >= 0.6 is 31.9 Å². The van der Waals surface area contributed by atoms with Crippen LogP contribution in [0, 0.1) is 0 Å². The molecule has 1 atom stereocenters. The quantitative estimate of drug-likeness (QED) is 0.685. The van der Waals surface area contributed by atoms with E-state index in [9.17, 15) is 4.79 Å². The van der Waals surface area contributed by atoms with Crippen molar-refractivity contribution in [3.8, 4) is 5.75 Å². The molecular weight excluding hydrogens is 388 g/mol. The lowest BCUT2D eigenvalue weighted by molar-refractivity contribution is -0.127. The summed E-state index contributed by atoms with van der Waals surface area (Å²) in [4.78, 5) is 11.8. The Labute approximate surface area is 136 Å². The van der Waals surface area contributed by atoms with Gasteiger partial charge in [-0.25, -0.2) is 0 Å². The molecule has 110 valence electrons. The molecule has 0 aliphatic heterocycles. The Balaban J connectivity index is 2.81. The van der Waals surface area contributed by atoms with Crippen molar-refractivity contribution in [2.45, 2.75) is 19.6 Å². The van der Waals surface area contributed by atoms with Crippen LogP contribution in [0.15, 0.2) is 33.7 Å². The van der Waals surface area contributed by atoms with Crippen LogP contribution in [0.1, 0.15) is 12.5 Å². The molecule has 1 amide bonds. The minimum Gasteiger partial charge on any atom is -0.479 e. The third-order valence-electron chi connectivity index (χ3n) is 2.52. The zero-order chi connectivity index (χ0) is 15.1. The van der Waals surface area contributed by atoms with Crippen LogP contribution < -0.4 is 15.4 Å². The summed E-state index contributed by atoms with van der Waals surface area (Å²) < 4.78 is 7.32. The highest BCUT2D eigenvalue weighted by Gasteiger charge is 2.17. The molecule has 0 radical (unpaired) electrons. The van der Waals surface area contributed by atoms with Crippen LogP contribution in [0.3, 0.4) is 0 Å². The first-order valence-corrected chi connectivity index (χ1v) is 7.76. The van der Waals surface area contributed by atoms with Crippen molar-refractivity contribution in [2.24, 2.45) is 0 Å². The van der Waals surface area contributed by atoms with E-state index in [2.05, 4.69) is 49.1 Å². The molecule has 20 heavy (non-hydrogen) atoms. The molecule has 0 saturated carbocycles. The Kier molecular flexibility index (Phi) is 7.26. The summed E-state index contributed by atoms with van der Waals surface area (Å²) in [5, 5.41) is 5.78. The second kappa shape index (κ2) is 8.44. The number of rotatable bonds is 7. The predicted octanol–water partition coefficient (Wildman–Crippen LogP) is 3.00. The van der Waals surface area contributed by atoms with Crippen molar-refractivity contribution in [1.82, 2.24) is 10.6 Å². The molecule has 0 aromatic heterocycles. The summed E-state index contributed by atoms with van der Waals surface area (Å²) >= 11 is 6.94. The van der Waals surface area contributed by atoms with E-state index in [-0.39, 0.29) is 5.91 Å². The van der Waals surface area contributed by atoms with Crippen molar-refractivity contribution >= 4 is 37.8 Å². The summed E-state index contributed by atoms with van der Waals surface area (Å²) in [7, 11) is 1.89. The Hall–Kier alpha value is -0.850. The summed E-state index contributed by atoms with van der Waals surface area (Å²) in [5.74, 6) is 0.439. The largest absolute Gasteiger partial charge is 0.479 e. The standard InChI is InChI=1S/C14H18Br2N2O2/c1-4-5-18-14(19)9(2)20-13-11(15)6-10(8-17-3)7-12(13)16/h4,6-7,9,17H,1,5,8H2,2-3H3,(H,18,19). The topological polar surface area (TPSA) is 50.4 Å². The van der Waals surface area contributed by atoms with Crippen LogP contribution in [-0.2, 0) is 11.3 Å². The van der Waals surface area contributed by atoms with Gasteiger partial charge in [0, 0.05) is 13.1 Å². The van der Waals surface area contributed by atoms with Gasteiger partial charge in [-0.15, -0.1) is 6.58 Å². The first-order chi connectivity index (χ1) is 9.49. The van der Waals surface area contributed by atoms with Gasteiger partial charge in [0.2, 0.25) is 0 Å². The fourth-order valence-electron chi connectivity index (χ4n) is 1.58. The highest BCUT2D eigenvalue weighted by atomic mass is 79.9. The highest BCUT2D eigenvalue weighted by molar-refractivity contribution is 9.11. The minimum absolute atomic E-state index is 0.178. The molecule has 0 bridgehead atoms. The van der Waals surface area contributed by atoms with Gasteiger partial charge in [-0.05, 0) is 63.5 Å². The number of carbonyl (C=O) groups excluding carboxylic acids is 1. The Bertz CT molecular complexity index is 469. The molecule has 6 heteroatoms. The van der Waals surface area contributed by atoms with E-state index >= 15 is 0 Å². The average molecular weight is 406 g/mol. The van der Waals surface area contributed by atoms with Gasteiger partial charge < -0.3 is 15.4 Å². The molecule has 4 nitrogen and oxygen atoms in total. The second-order valence-corrected chi connectivity index (χ2v) is 5.92. The SMILES string of the molecule is C=CCNC(=O)C(C)Oc1c(Br)cc(CNC)cc1Br. The highest BCUT2D eigenvalue weighted by Crippen LogP contribution is 2.35. The van der Waals surface area contributed by atoms with Gasteiger partial charge >= 0.3 is 0 Å². The van der Waals surface area contributed by atoms with E-state index in [0.29, 0.717) is 12.3 Å². The van der Waals surface area contributed by atoms with Crippen molar-refractivity contribution in [3.63, 3.8) is 0 Å². The van der Waals surface area contributed by atoms with E-state index in [0.717, 1.165) is 21.1 Å². The fourth-order valence-corrected chi connectivity index (χ4v) is 3.05. The maximum Gasteiger partial charge on any atom is 0.261 e. The first kappa shape index (κ1) is 17.2. The van der Waals surface area contributed by atoms with Crippen LogP contribution in [0.25, 0.3) is 0 Å². The smallest absolute Gasteiger partial charge is 0.261 e. The number of ether oxygens (including phenoxy) is 1. The van der Waals surface area contributed by atoms with E-state index in [1.54, 1.807) is 13.0 Å². The lowest BCUT2D eigenvalue weighted by atomic mass is 10.2. The second-order valence-electron chi connectivity index (χ2n) is 4.21. The van der Waals surface area contributed by atoms with Crippen molar-refractivity contribution in [2.75, 3.05) is 13.6 Å². The molecular formula is C14H18Br2N2O2. The van der Waals surface area contributed by atoms with E-state index in [1.165, 1.54) is 0 Å².